The van der Waals surface area contributed by atoms with Crippen LogP contribution >= 0.6 is 0 Å². The fraction of sp³-hybridized carbons (Fsp3) is 0.444. The molecule has 3 heterocycles. The first-order valence-corrected chi connectivity index (χ1v) is 8.64. The summed E-state index contributed by atoms with van der Waals surface area (Å²) in [5.41, 5.74) is 1.43. The highest BCUT2D eigenvalue weighted by Gasteiger charge is 2.40. The topological polar surface area (TPSA) is 56.7 Å². The van der Waals surface area contributed by atoms with Crippen molar-refractivity contribution in [1.29, 1.82) is 0 Å². The van der Waals surface area contributed by atoms with Crippen LogP contribution in [0.15, 0.2) is 36.7 Å². The van der Waals surface area contributed by atoms with Gasteiger partial charge in [0.2, 0.25) is 5.95 Å². The second kappa shape index (κ2) is 6.97. The van der Waals surface area contributed by atoms with E-state index in [2.05, 4.69) is 19.6 Å². The molecule has 0 saturated carbocycles. The maximum absolute atomic E-state index is 12.2. The Balaban J connectivity index is 1.40. The molecule has 2 aromatic rings. The number of nitrogens with zero attached hydrogens (tertiary/aromatic N) is 3. The van der Waals surface area contributed by atoms with E-state index in [0.29, 0.717) is 30.3 Å². The summed E-state index contributed by atoms with van der Waals surface area (Å²) < 4.78 is 52.0. The van der Waals surface area contributed by atoms with Gasteiger partial charge < -0.3 is 19.1 Å². The Hall–Kier alpha value is -2.39. The first kappa shape index (κ1) is 18.0. The average molecular weight is 381 g/mol. The van der Waals surface area contributed by atoms with Crippen molar-refractivity contribution < 1.29 is 27.4 Å². The van der Waals surface area contributed by atoms with Crippen molar-refractivity contribution in [3.63, 3.8) is 0 Å². The lowest BCUT2D eigenvalue weighted by atomic mass is 10.0. The summed E-state index contributed by atoms with van der Waals surface area (Å²) >= 11 is 0. The minimum atomic E-state index is -4.70. The monoisotopic (exact) mass is 381 g/mol. The zero-order valence-corrected chi connectivity index (χ0v) is 14.4. The van der Waals surface area contributed by atoms with E-state index in [0.717, 1.165) is 25.9 Å². The molecule has 4 rings (SSSR count). The van der Waals surface area contributed by atoms with Crippen LogP contribution in [0.5, 0.6) is 5.75 Å². The number of ether oxygens (including phenoxy) is 3. The van der Waals surface area contributed by atoms with E-state index in [1.807, 2.05) is 0 Å². The highest BCUT2D eigenvalue weighted by Crippen LogP contribution is 2.32. The van der Waals surface area contributed by atoms with Gasteiger partial charge in [-0.25, -0.2) is 9.97 Å². The van der Waals surface area contributed by atoms with Gasteiger partial charge in [0, 0.05) is 43.9 Å². The predicted molar refractivity (Wildman–Crippen MR) is 90.2 cm³/mol. The molecule has 0 N–H and O–H groups in total. The third-order valence-electron chi connectivity index (χ3n) is 4.68. The number of hydrogen-bond acceptors (Lipinski definition) is 6. The number of benzene rings is 1. The lowest BCUT2D eigenvalue weighted by molar-refractivity contribution is -0.274. The van der Waals surface area contributed by atoms with Gasteiger partial charge in [-0.3, -0.25) is 0 Å². The van der Waals surface area contributed by atoms with Crippen molar-refractivity contribution in [3.8, 4) is 16.9 Å². The molecule has 6 nitrogen and oxygen atoms in total. The van der Waals surface area contributed by atoms with E-state index in [9.17, 15) is 13.2 Å². The molecule has 0 radical (unpaired) electrons. The fourth-order valence-corrected chi connectivity index (χ4v) is 3.32. The molecular weight excluding hydrogens is 363 g/mol. The lowest BCUT2D eigenvalue weighted by Crippen LogP contribution is -2.45. The summed E-state index contributed by atoms with van der Waals surface area (Å²) in [6.07, 6.45) is 0.148. The van der Waals surface area contributed by atoms with E-state index in [1.165, 1.54) is 12.1 Å². The summed E-state index contributed by atoms with van der Waals surface area (Å²) in [5.74, 6) is -0.0950. The van der Waals surface area contributed by atoms with Crippen LogP contribution in [0.25, 0.3) is 11.1 Å². The molecule has 1 aromatic heterocycles. The maximum Gasteiger partial charge on any atom is 0.573 e. The Kier molecular flexibility index (Phi) is 4.65. The van der Waals surface area contributed by atoms with Crippen molar-refractivity contribution >= 4 is 5.95 Å². The Bertz CT molecular complexity index is 765. The third kappa shape index (κ3) is 4.14. The minimum Gasteiger partial charge on any atom is -0.406 e. The van der Waals surface area contributed by atoms with Crippen molar-refractivity contribution in [1.82, 2.24) is 9.97 Å². The summed E-state index contributed by atoms with van der Waals surface area (Å²) in [4.78, 5) is 10.9. The molecule has 0 amide bonds. The second-order valence-electron chi connectivity index (χ2n) is 6.44. The molecule has 2 aliphatic rings. The molecule has 1 spiro atoms. The first-order valence-electron chi connectivity index (χ1n) is 8.64. The van der Waals surface area contributed by atoms with Gasteiger partial charge in [-0.05, 0) is 17.7 Å². The van der Waals surface area contributed by atoms with Gasteiger partial charge >= 0.3 is 6.36 Å². The number of rotatable bonds is 3. The molecule has 0 aliphatic carbocycles. The molecule has 0 atom stereocenters. The van der Waals surface area contributed by atoms with Gasteiger partial charge in [-0.1, -0.05) is 12.1 Å². The van der Waals surface area contributed by atoms with Crippen LogP contribution in [0.1, 0.15) is 12.8 Å². The Morgan fingerprint density at radius 2 is 1.52 bits per heavy atom. The number of hydrogen-bond donors (Lipinski definition) is 0. The summed E-state index contributed by atoms with van der Waals surface area (Å²) in [7, 11) is 0. The van der Waals surface area contributed by atoms with Crippen LogP contribution in [-0.2, 0) is 9.47 Å². The molecule has 9 heteroatoms. The summed E-state index contributed by atoms with van der Waals surface area (Å²) in [5, 5.41) is 0. The van der Waals surface area contributed by atoms with Gasteiger partial charge in [-0.15, -0.1) is 13.2 Å². The van der Waals surface area contributed by atoms with Crippen LogP contribution < -0.4 is 9.64 Å². The molecule has 0 unspecified atom stereocenters. The van der Waals surface area contributed by atoms with E-state index in [4.69, 9.17) is 9.47 Å². The smallest absolute Gasteiger partial charge is 0.406 e. The van der Waals surface area contributed by atoms with Crippen LogP contribution in [0.3, 0.4) is 0 Å². The van der Waals surface area contributed by atoms with Crippen LogP contribution in [0.2, 0.25) is 0 Å². The Morgan fingerprint density at radius 3 is 2.07 bits per heavy atom. The SMILES string of the molecule is FC(F)(F)Oc1ccc(-c2cnc(N3CCC4(CC3)OCCO4)nc2)cc1. The average Bonchev–Trinajstić information content (AvgIpc) is 3.10. The predicted octanol–water partition coefficient (Wildman–Crippen LogP) is 3.39. The maximum atomic E-state index is 12.2. The third-order valence-corrected chi connectivity index (χ3v) is 4.68. The zero-order valence-electron chi connectivity index (χ0n) is 14.4. The number of alkyl halides is 3. The van der Waals surface area contributed by atoms with E-state index in [-0.39, 0.29) is 5.75 Å². The van der Waals surface area contributed by atoms with Crippen molar-refractivity contribution in [2.24, 2.45) is 0 Å². The van der Waals surface area contributed by atoms with Crippen LogP contribution in [0, 0.1) is 0 Å². The molecular formula is C18H18F3N3O3. The summed E-state index contributed by atoms with van der Waals surface area (Å²) in [6.45, 7) is 2.75. The summed E-state index contributed by atoms with van der Waals surface area (Å²) in [6, 6.07) is 5.61. The normalized spacial score (nSPS) is 19.4. The number of aromatic nitrogens is 2. The number of anilines is 1. The largest absolute Gasteiger partial charge is 0.573 e. The van der Waals surface area contributed by atoms with Crippen LogP contribution in [-0.4, -0.2) is 48.4 Å². The first-order chi connectivity index (χ1) is 12.9. The number of halogens is 3. The Labute approximate surface area is 153 Å². The minimum absolute atomic E-state index is 0.262. The molecule has 27 heavy (non-hydrogen) atoms. The number of piperidine rings is 1. The molecule has 2 aliphatic heterocycles. The van der Waals surface area contributed by atoms with Crippen molar-refractivity contribution in [2.75, 3.05) is 31.2 Å². The van der Waals surface area contributed by atoms with E-state index in [1.54, 1.807) is 24.5 Å². The fourth-order valence-electron chi connectivity index (χ4n) is 3.32. The standard InChI is InChI=1S/C18H18F3N3O3/c19-18(20,21)27-15-3-1-13(2-4-15)14-11-22-16(23-12-14)24-7-5-17(6-8-24)25-9-10-26-17/h1-4,11-12H,5-10H2. The van der Waals surface area contributed by atoms with Crippen molar-refractivity contribution in [3.05, 3.63) is 36.7 Å². The molecule has 2 fully saturated rings. The second-order valence-corrected chi connectivity index (χ2v) is 6.44. The lowest BCUT2D eigenvalue weighted by Gasteiger charge is -2.37. The van der Waals surface area contributed by atoms with Gasteiger partial charge in [0.15, 0.2) is 5.79 Å². The quantitative estimate of drug-likeness (QED) is 0.813. The van der Waals surface area contributed by atoms with Gasteiger partial charge in [-0.2, -0.15) is 0 Å². The molecule has 2 saturated heterocycles. The van der Waals surface area contributed by atoms with Gasteiger partial charge in [0.25, 0.3) is 0 Å². The van der Waals surface area contributed by atoms with E-state index >= 15 is 0 Å². The zero-order chi connectivity index (χ0) is 18.9. The van der Waals surface area contributed by atoms with Gasteiger partial charge in [0.1, 0.15) is 5.75 Å². The van der Waals surface area contributed by atoms with E-state index < -0.39 is 12.1 Å². The van der Waals surface area contributed by atoms with Gasteiger partial charge in [0.05, 0.1) is 13.2 Å². The molecule has 0 bridgehead atoms. The van der Waals surface area contributed by atoms with Crippen LogP contribution in [0.4, 0.5) is 19.1 Å². The van der Waals surface area contributed by atoms with Crippen molar-refractivity contribution in [2.45, 2.75) is 25.0 Å². The Morgan fingerprint density at radius 1 is 0.926 bits per heavy atom. The highest BCUT2D eigenvalue weighted by molar-refractivity contribution is 5.63. The molecule has 1 aromatic carbocycles. The highest BCUT2D eigenvalue weighted by atomic mass is 19.4. The molecule has 144 valence electrons.